The first-order valence-corrected chi connectivity index (χ1v) is 8.96. The number of fused-ring (bicyclic) bond motifs is 3. The summed E-state index contributed by atoms with van der Waals surface area (Å²) in [6.45, 7) is 5.13. The Morgan fingerprint density at radius 3 is 2.44 bits per heavy atom. The highest BCUT2D eigenvalue weighted by Gasteiger charge is 2.59. The maximum absolute atomic E-state index is 13.0. The number of nitrogens with zero attached hydrogens (tertiary/aromatic N) is 2. The molecule has 2 aliphatic rings. The minimum Gasteiger partial charge on any atom is -0.310 e. The zero-order valence-corrected chi connectivity index (χ0v) is 14.7. The number of benzene rings is 2. The molecule has 25 heavy (non-hydrogen) atoms. The molecule has 4 heteroatoms. The van der Waals surface area contributed by atoms with Crippen LogP contribution in [-0.2, 0) is 16.9 Å². The Labute approximate surface area is 148 Å². The third-order valence-electron chi connectivity index (χ3n) is 5.47. The van der Waals surface area contributed by atoms with E-state index < -0.39 is 5.66 Å². The first-order valence-electron chi connectivity index (χ1n) is 8.96. The van der Waals surface area contributed by atoms with Gasteiger partial charge in [0, 0.05) is 36.2 Å². The molecule has 0 bridgehead atoms. The van der Waals surface area contributed by atoms with Crippen LogP contribution in [0.15, 0.2) is 48.5 Å². The fourth-order valence-electron chi connectivity index (χ4n) is 4.26. The summed E-state index contributed by atoms with van der Waals surface area (Å²) < 4.78 is 0. The van der Waals surface area contributed by atoms with Gasteiger partial charge in [-0.2, -0.15) is 0 Å². The molecule has 2 amide bonds. The molecule has 0 saturated carbocycles. The number of carbonyl (C=O) groups excluding carboxylic acids is 2. The van der Waals surface area contributed by atoms with Gasteiger partial charge in [0.05, 0.1) is 0 Å². The molecule has 4 nitrogen and oxygen atoms in total. The van der Waals surface area contributed by atoms with Gasteiger partial charge in [0.2, 0.25) is 5.91 Å². The molecule has 0 aliphatic carbocycles. The minimum atomic E-state index is -0.799. The highest BCUT2D eigenvalue weighted by molar-refractivity contribution is 6.02. The summed E-state index contributed by atoms with van der Waals surface area (Å²) in [6, 6.07) is 16.0. The molecule has 2 aromatic carbocycles. The third kappa shape index (κ3) is 2.00. The van der Waals surface area contributed by atoms with Gasteiger partial charge in [-0.05, 0) is 18.1 Å². The smallest absolute Gasteiger partial charge is 0.256 e. The number of carbonyl (C=O) groups is 2. The lowest BCUT2D eigenvalue weighted by Crippen LogP contribution is -2.51. The summed E-state index contributed by atoms with van der Waals surface area (Å²) >= 11 is 0. The fraction of sp³-hybridized carbons (Fsp3) is 0.333. The summed E-state index contributed by atoms with van der Waals surface area (Å²) in [5.74, 6) is 0.0909. The van der Waals surface area contributed by atoms with Crippen LogP contribution in [0.2, 0.25) is 0 Å². The lowest BCUT2D eigenvalue weighted by atomic mass is 9.89. The number of aryl methyl sites for hydroxylation is 1. The minimum absolute atomic E-state index is 0.0153. The Morgan fingerprint density at radius 1 is 1.04 bits per heavy atom. The number of hydrogen-bond acceptors (Lipinski definition) is 2. The van der Waals surface area contributed by atoms with Gasteiger partial charge in [-0.15, -0.1) is 0 Å². The van der Waals surface area contributed by atoms with E-state index in [1.807, 2.05) is 41.0 Å². The monoisotopic (exact) mass is 334 g/mol. The molecule has 2 aliphatic heterocycles. The van der Waals surface area contributed by atoms with Crippen molar-refractivity contribution in [2.45, 2.75) is 32.4 Å². The zero-order chi connectivity index (χ0) is 17.6. The number of amides is 2. The second kappa shape index (κ2) is 5.73. The van der Waals surface area contributed by atoms with Gasteiger partial charge < -0.3 is 9.80 Å². The maximum Gasteiger partial charge on any atom is 0.256 e. The van der Waals surface area contributed by atoms with E-state index in [0.29, 0.717) is 25.1 Å². The summed E-state index contributed by atoms with van der Waals surface area (Å²) in [4.78, 5) is 29.5. The highest BCUT2D eigenvalue weighted by atomic mass is 16.2. The predicted octanol–water partition coefficient (Wildman–Crippen LogP) is 3.16. The molecule has 1 unspecified atom stereocenters. The van der Waals surface area contributed by atoms with E-state index in [1.165, 1.54) is 5.56 Å². The third-order valence-corrected chi connectivity index (χ3v) is 5.47. The topological polar surface area (TPSA) is 40.6 Å². The standard InChI is InChI=1S/C21H22N2O2/c1-3-15-9-11-16(12-10-15)21-18-8-6-5-7-17(18)20(25)23(21)14-13-22(21)19(24)4-2/h5-12H,3-4,13-14H2,1-2H3. The van der Waals surface area contributed by atoms with Crippen LogP contribution in [0.25, 0.3) is 0 Å². The Hall–Kier alpha value is -2.62. The van der Waals surface area contributed by atoms with E-state index in [2.05, 4.69) is 31.2 Å². The van der Waals surface area contributed by atoms with Gasteiger partial charge in [0.1, 0.15) is 0 Å². The summed E-state index contributed by atoms with van der Waals surface area (Å²) in [5.41, 5.74) is 3.06. The van der Waals surface area contributed by atoms with Crippen molar-refractivity contribution in [3.63, 3.8) is 0 Å². The second-order valence-corrected chi connectivity index (χ2v) is 6.62. The molecule has 1 saturated heterocycles. The molecule has 1 fully saturated rings. The summed E-state index contributed by atoms with van der Waals surface area (Å²) in [6.07, 6.45) is 1.39. The lowest BCUT2D eigenvalue weighted by molar-refractivity contribution is -0.136. The molecule has 1 atom stereocenters. The lowest BCUT2D eigenvalue weighted by Gasteiger charge is -2.40. The van der Waals surface area contributed by atoms with Crippen LogP contribution in [-0.4, -0.2) is 34.7 Å². The molecular weight excluding hydrogens is 312 g/mol. The van der Waals surface area contributed by atoms with Crippen LogP contribution >= 0.6 is 0 Å². The van der Waals surface area contributed by atoms with E-state index in [1.54, 1.807) is 0 Å². The van der Waals surface area contributed by atoms with Crippen molar-refractivity contribution in [2.24, 2.45) is 0 Å². The molecular formula is C21H22N2O2. The van der Waals surface area contributed by atoms with Crippen LogP contribution in [0.1, 0.15) is 47.3 Å². The maximum atomic E-state index is 13.0. The Kier molecular flexibility index (Phi) is 3.64. The van der Waals surface area contributed by atoms with Crippen LogP contribution in [0.3, 0.4) is 0 Å². The van der Waals surface area contributed by atoms with Crippen LogP contribution in [0.4, 0.5) is 0 Å². The van der Waals surface area contributed by atoms with Gasteiger partial charge in [0.15, 0.2) is 5.66 Å². The van der Waals surface area contributed by atoms with Crippen LogP contribution in [0, 0.1) is 0 Å². The van der Waals surface area contributed by atoms with E-state index in [-0.39, 0.29) is 11.8 Å². The SMILES string of the molecule is CCC(=O)N1CCN2C(=O)c3ccccc3C12c1ccc(CC)cc1. The quantitative estimate of drug-likeness (QED) is 0.865. The largest absolute Gasteiger partial charge is 0.310 e. The average molecular weight is 334 g/mol. The van der Waals surface area contributed by atoms with Crippen molar-refractivity contribution in [1.82, 2.24) is 9.80 Å². The molecule has 128 valence electrons. The predicted molar refractivity (Wildman–Crippen MR) is 96.1 cm³/mol. The van der Waals surface area contributed by atoms with Gasteiger partial charge in [-0.25, -0.2) is 0 Å². The zero-order valence-electron chi connectivity index (χ0n) is 14.7. The normalized spacial score (nSPS) is 21.4. The van der Waals surface area contributed by atoms with Crippen molar-refractivity contribution in [3.05, 3.63) is 70.8 Å². The number of hydrogen-bond donors (Lipinski definition) is 0. The molecule has 0 spiro atoms. The Balaban J connectivity index is 1.99. The van der Waals surface area contributed by atoms with E-state index >= 15 is 0 Å². The van der Waals surface area contributed by atoms with Crippen molar-refractivity contribution in [1.29, 1.82) is 0 Å². The second-order valence-electron chi connectivity index (χ2n) is 6.62. The van der Waals surface area contributed by atoms with Gasteiger partial charge in [-0.1, -0.05) is 56.3 Å². The molecule has 0 radical (unpaired) electrons. The van der Waals surface area contributed by atoms with Crippen LogP contribution in [0.5, 0.6) is 0 Å². The van der Waals surface area contributed by atoms with E-state index in [9.17, 15) is 9.59 Å². The van der Waals surface area contributed by atoms with Crippen molar-refractivity contribution < 1.29 is 9.59 Å². The van der Waals surface area contributed by atoms with Crippen LogP contribution < -0.4 is 0 Å². The van der Waals surface area contributed by atoms with Crippen molar-refractivity contribution in [3.8, 4) is 0 Å². The molecule has 4 rings (SSSR count). The molecule has 2 heterocycles. The van der Waals surface area contributed by atoms with Crippen molar-refractivity contribution in [2.75, 3.05) is 13.1 Å². The first-order chi connectivity index (χ1) is 12.1. The van der Waals surface area contributed by atoms with Gasteiger partial charge in [0.25, 0.3) is 5.91 Å². The van der Waals surface area contributed by atoms with Gasteiger partial charge >= 0.3 is 0 Å². The first kappa shape index (κ1) is 15.9. The summed E-state index contributed by atoms with van der Waals surface area (Å²) in [7, 11) is 0. The van der Waals surface area contributed by atoms with E-state index in [0.717, 1.165) is 17.5 Å². The number of rotatable bonds is 3. The van der Waals surface area contributed by atoms with E-state index in [4.69, 9.17) is 0 Å². The molecule has 0 N–H and O–H groups in total. The average Bonchev–Trinajstić information content (AvgIpc) is 3.17. The Morgan fingerprint density at radius 2 is 1.76 bits per heavy atom. The van der Waals surface area contributed by atoms with Gasteiger partial charge in [-0.3, -0.25) is 9.59 Å². The highest BCUT2D eigenvalue weighted by Crippen LogP contribution is 2.49. The van der Waals surface area contributed by atoms with Crippen molar-refractivity contribution >= 4 is 11.8 Å². The molecule has 0 aromatic heterocycles. The molecule has 2 aromatic rings. The Bertz CT molecular complexity index is 843. The summed E-state index contributed by atoms with van der Waals surface area (Å²) in [5, 5.41) is 0. The fourth-order valence-corrected chi connectivity index (χ4v) is 4.26.